The monoisotopic (exact) mass is 488 g/mol. The highest BCUT2D eigenvalue weighted by Crippen LogP contribution is 2.34. The summed E-state index contributed by atoms with van der Waals surface area (Å²) in [5, 5.41) is 4.51. The summed E-state index contributed by atoms with van der Waals surface area (Å²) in [5.41, 5.74) is 6.05. The average molecular weight is 489 g/mol. The number of aryl methyl sites for hydroxylation is 2. The van der Waals surface area contributed by atoms with E-state index in [9.17, 15) is 9.18 Å². The van der Waals surface area contributed by atoms with Crippen molar-refractivity contribution in [3.05, 3.63) is 92.1 Å². The molecule has 1 aliphatic heterocycles. The first kappa shape index (κ1) is 22.4. The molecule has 1 aliphatic carbocycles. The molecule has 2 aliphatic rings. The largest absolute Gasteiger partial charge is 0.374 e. The number of nitrogens with zero attached hydrogens (tertiary/aromatic N) is 3. The van der Waals surface area contributed by atoms with Crippen molar-refractivity contribution >= 4 is 27.2 Å². The van der Waals surface area contributed by atoms with Crippen molar-refractivity contribution in [1.29, 1.82) is 0 Å². The second kappa shape index (κ2) is 9.21. The van der Waals surface area contributed by atoms with Crippen LogP contribution in [0.5, 0.6) is 0 Å². The van der Waals surface area contributed by atoms with Crippen LogP contribution in [0, 0.1) is 5.82 Å². The summed E-state index contributed by atoms with van der Waals surface area (Å²) in [6.07, 6.45) is 6.78. The third-order valence-corrected chi connectivity index (χ3v) is 8.53. The first-order valence-corrected chi connectivity index (χ1v) is 13.2. The lowest BCUT2D eigenvalue weighted by Crippen LogP contribution is -2.34. The zero-order valence-electron chi connectivity index (χ0n) is 19.9. The molecule has 0 bridgehead atoms. The molecule has 0 fully saturated rings. The minimum Gasteiger partial charge on any atom is -0.374 e. The zero-order valence-corrected chi connectivity index (χ0v) is 20.7. The minimum atomic E-state index is -0.293. The van der Waals surface area contributed by atoms with Gasteiger partial charge in [0.2, 0.25) is 0 Å². The third-order valence-electron chi connectivity index (χ3n) is 7.37. The van der Waals surface area contributed by atoms with Crippen molar-refractivity contribution in [3.8, 4) is 0 Å². The zero-order chi connectivity index (χ0) is 23.9. The van der Waals surface area contributed by atoms with E-state index in [2.05, 4.69) is 40.4 Å². The van der Waals surface area contributed by atoms with Gasteiger partial charge in [0.05, 0.1) is 18.3 Å². The summed E-state index contributed by atoms with van der Waals surface area (Å²) in [4.78, 5) is 22.3. The maximum Gasteiger partial charge on any atom is 0.262 e. The van der Waals surface area contributed by atoms with Crippen LogP contribution >= 0.6 is 11.3 Å². The normalized spacial score (nSPS) is 17.4. The van der Waals surface area contributed by atoms with Gasteiger partial charge in [0, 0.05) is 36.7 Å². The van der Waals surface area contributed by atoms with Crippen LogP contribution in [0.15, 0.2) is 53.6 Å². The van der Waals surface area contributed by atoms with E-state index in [-0.39, 0.29) is 11.4 Å². The van der Waals surface area contributed by atoms with Gasteiger partial charge in [-0.1, -0.05) is 24.3 Å². The van der Waals surface area contributed by atoms with Crippen LogP contribution in [0.3, 0.4) is 0 Å². The Hall–Kier alpha value is -3.03. The molecule has 1 unspecified atom stereocenters. The molecule has 0 radical (unpaired) electrons. The Balaban J connectivity index is 1.18. The van der Waals surface area contributed by atoms with E-state index in [1.165, 1.54) is 40.2 Å². The Bertz CT molecular complexity index is 1460. The van der Waals surface area contributed by atoms with Crippen LogP contribution in [0.2, 0.25) is 0 Å². The topological polar surface area (TPSA) is 50.2 Å². The molecule has 7 heteroatoms. The molecule has 180 valence electrons. The Kier molecular flexibility index (Phi) is 5.90. The number of hydrogen-bond donors (Lipinski definition) is 1. The van der Waals surface area contributed by atoms with E-state index in [4.69, 9.17) is 0 Å². The van der Waals surface area contributed by atoms with Gasteiger partial charge in [-0.3, -0.25) is 9.36 Å². The molecule has 1 atom stereocenters. The minimum absolute atomic E-state index is 0.0257. The van der Waals surface area contributed by atoms with Gasteiger partial charge in [-0.25, -0.2) is 9.37 Å². The lowest BCUT2D eigenvalue weighted by Gasteiger charge is -2.28. The summed E-state index contributed by atoms with van der Waals surface area (Å²) in [6.45, 7) is 2.32. The molecule has 0 spiro atoms. The molecule has 0 saturated carbocycles. The summed E-state index contributed by atoms with van der Waals surface area (Å²) in [5.74, 6) is -0.293. The Morgan fingerprint density at radius 1 is 1.17 bits per heavy atom. The lowest BCUT2D eigenvalue weighted by atomic mass is 9.92. The Morgan fingerprint density at radius 2 is 2.09 bits per heavy atom. The number of fused-ring (bicyclic) bond motifs is 4. The molecule has 2 aromatic carbocycles. The number of hydrogen-bond acceptors (Lipinski definition) is 5. The Labute approximate surface area is 208 Å². The predicted octanol–water partition coefficient (Wildman–Crippen LogP) is 4.67. The highest BCUT2D eigenvalue weighted by atomic mass is 32.1. The predicted molar refractivity (Wildman–Crippen MR) is 140 cm³/mol. The number of halogens is 1. The highest BCUT2D eigenvalue weighted by Gasteiger charge is 2.25. The number of rotatable bonds is 5. The smallest absolute Gasteiger partial charge is 0.262 e. The quantitative estimate of drug-likeness (QED) is 0.443. The molecule has 3 heterocycles. The molecule has 2 aromatic heterocycles. The van der Waals surface area contributed by atoms with E-state index in [0.29, 0.717) is 12.6 Å². The van der Waals surface area contributed by atoms with E-state index in [0.717, 1.165) is 60.1 Å². The SMILES string of the molecule is CN1CCCc2cc(CNC3CCc4c(sc5ncn(Cc6cccc(F)c6)c(=O)c45)C3)ccc21. The fraction of sp³-hybridized carbons (Fsp3) is 0.357. The van der Waals surface area contributed by atoms with Crippen LogP contribution in [-0.4, -0.2) is 29.2 Å². The molecule has 5 nitrogen and oxygen atoms in total. The number of aromatic nitrogens is 2. The van der Waals surface area contributed by atoms with Crippen molar-refractivity contribution < 1.29 is 4.39 Å². The first-order valence-electron chi connectivity index (χ1n) is 12.4. The summed E-state index contributed by atoms with van der Waals surface area (Å²) >= 11 is 1.65. The lowest BCUT2D eigenvalue weighted by molar-refractivity contribution is 0.462. The summed E-state index contributed by atoms with van der Waals surface area (Å²) < 4.78 is 15.2. The van der Waals surface area contributed by atoms with Crippen molar-refractivity contribution in [2.45, 2.75) is 51.2 Å². The number of nitrogens with one attached hydrogen (secondary N) is 1. The number of anilines is 1. The number of benzene rings is 2. The van der Waals surface area contributed by atoms with Crippen LogP contribution in [0.25, 0.3) is 10.2 Å². The standard InChI is InChI=1S/C28H29FN4OS/c1-32-11-3-5-20-12-18(7-10-24(20)32)15-30-22-8-9-23-25(14-22)35-27-26(23)28(34)33(17-31-27)16-19-4-2-6-21(29)13-19/h2,4,6-7,10,12-13,17,22,30H,3,5,8-9,11,14-16H2,1H3. The van der Waals surface area contributed by atoms with Gasteiger partial charge in [0.15, 0.2) is 0 Å². The molecule has 6 rings (SSSR count). The van der Waals surface area contributed by atoms with Crippen LogP contribution in [0.1, 0.15) is 40.0 Å². The first-order chi connectivity index (χ1) is 17.0. The van der Waals surface area contributed by atoms with Gasteiger partial charge in [-0.05, 0) is 72.6 Å². The summed E-state index contributed by atoms with van der Waals surface area (Å²) in [7, 11) is 2.17. The van der Waals surface area contributed by atoms with Crippen LogP contribution in [-0.2, 0) is 32.4 Å². The fourth-order valence-electron chi connectivity index (χ4n) is 5.53. The van der Waals surface area contributed by atoms with Gasteiger partial charge >= 0.3 is 0 Å². The van der Waals surface area contributed by atoms with Gasteiger partial charge < -0.3 is 10.2 Å². The molecule has 0 saturated heterocycles. The van der Waals surface area contributed by atoms with Crippen LogP contribution < -0.4 is 15.8 Å². The van der Waals surface area contributed by atoms with E-state index in [1.807, 2.05) is 6.07 Å². The van der Waals surface area contributed by atoms with Crippen molar-refractivity contribution in [2.24, 2.45) is 0 Å². The third kappa shape index (κ3) is 4.39. The maximum absolute atomic E-state index is 13.6. The molecule has 0 amide bonds. The molecular weight excluding hydrogens is 459 g/mol. The van der Waals surface area contributed by atoms with E-state index < -0.39 is 0 Å². The van der Waals surface area contributed by atoms with Gasteiger partial charge in [0.1, 0.15) is 10.6 Å². The Morgan fingerprint density at radius 3 is 2.97 bits per heavy atom. The second-order valence-electron chi connectivity index (χ2n) is 9.80. The average Bonchev–Trinajstić information content (AvgIpc) is 3.23. The van der Waals surface area contributed by atoms with Crippen molar-refractivity contribution in [3.63, 3.8) is 0 Å². The fourth-order valence-corrected chi connectivity index (χ4v) is 6.79. The molecular formula is C28H29FN4OS. The molecule has 4 aromatic rings. The van der Waals surface area contributed by atoms with Crippen molar-refractivity contribution in [2.75, 3.05) is 18.5 Å². The van der Waals surface area contributed by atoms with Gasteiger partial charge in [-0.2, -0.15) is 0 Å². The number of thiophene rings is 1. The van der Waals surface area contributed by atoms with E-state index in [1.54, 1.807) is 28.3 Å². The molecule has 35 heavy (non-hydrogen) atoms. The van der Waals surface area contributed by atoms with Crippen molar-refractivity contribution in [1.82, 2.24) is 14.9 Å². The van der Waals surface area contributed by atoms with Gasteiger partial charge in [-0.15, -0.1) is 11.3 Å². The molecule has 1 N–H and O–H groups in total. The van der Waals surface area contributed by atoms with E-state index >= 15 is 0 Å². The highest BCUT2D eigenvalue weighted by molar-refractivity contribution is 7.18. The van der Waals surface area contributed by atoms with Crippen LogP contribution in [0.4, 0.5) is 10.1 Å². The van der Waals surface area contributed by atoms with Gasteiger partial charge in [0.25, 0.3) is 5.56 Å². The summed E-state index contributed by atoms with van der Waals surface area (Å²) in [6, 6.07) is 13.6. The maximum atomic E-state index is 13.6. The second-order valence-corrected chi connectivity index (χ2v) is 10.9.